The Morgan fingerprint density at radius 2 is 2.00 bits per heavy atom. The first kappa shape index (κ1) is 20.5. The molecule has 0 bridgehead atoms. The minimum Gasteiger partial charge on any atom is -0.494 e. The third-order valence-electron chi connectivity index (χ3n) is 4.87. The lowest BCUT2D eigenvalue weighted by atomic mass is 10.0. The van der Waals surface area contributed by atoms with Gasteiger partial charge in [-0.05, 0) is 68.1 Å². The second-order valence-corrected chi connectivity index (χ2v) is 8.58. The number of fused-ring (bicyclic) bond motifs is 1. The summed E-state index contributed by atoms with van der Waals surface area (Å²) in [5, 5.41) is 0. The van der Waals surface area contributed by atoms with Crippen LogP contribution in [-0.4, -0.2) is 41.8 Å². The summed E-state index contributed by atoms with van der Waals surface area (Å²) in [7, 11) is -1.99. The van der Waals surface area contributed by atoms with Crippen LogP contribution in [0.4, 0.5) is 11.4 Å². The molecule has 1 N–H and O–H groups in total. The number of nitrogens with zero attached hydrogens (tertiary/aromatic N) is 1. The molecular weight excluding hydrogens is 376 g/mol. The van der Waals surface area contributed by atoms with Crippen LogP contribution in [0.2, 0.25) is 0 Å². The average molecular weight is 405 g/mol. The molecule has 0 aliphatic carbocycles. The van der Waals surface area contributed by atoms with Gasteiger partial charge in [-0.1, -0.05) is 6.07 Å². The van der Waals surface area contributed by atoms with Gasteiger partial charge in [0.05, 0.1) is 23.8 Å². The van der Waals surface area contributed by atoms with Crippen molar-refractivity contribution in [3.05, 3.63) is 47.5 Å². The Labute approximate surface area is 167 Å². The molecule has 7 heteroatoms. The van der Waals surface area contributed by atoms with Gasteiger partial charge in [0.15, 0.2) is 0 Å². The quantitative estimate of drug-likeness (QED) is 0.728. The van der Waals surface area contributed by atoms with Gasteiger partial charge in [-0.2, -0.15) is 0 Å². The van der Waals surface area contributed by atoms with Gasteiger partial charge >= 0.3 is 0 Å². The van der Waals surface area contributed by atoms with Crippen molar-refractivity contribution in [1.29, 1.82) is 0 Å². The molecule has 0 amide bonds. The summed E-state index contributed by atoms with van der Waals surface area (Å²) >= 11 is 0. The van der Waals surface area contributed by atoms with Crippen molar-refractivity contribution >= 4 is 21.4 Å². The fourth-order valence-corrected chi connectivity index (χ4v) is 4.60. The van der Waals surface area contributed by atoms with Crippen LogP contribution >= 0.6 is 0 Å². The third-order valence-corrected chi connectivity index (χ3v) is 6.25. The minimum atomic E-state index is -3.68. The summed E-state index contributed by atoms with van der Waals surface area (Å²) in [6, 6.07) is 10.7. The Morgan fingerprint density at radius 1 is 1.18 bits per heavy atom. The molecule has 0 saturated heterocycles. The lowest BCUT2D eigenvalue weighted by molar-refractivity contribution is 0.205. The molecule has 2 aromatic carbocycles. The maximum absolute atomic E-state index is 12.9. The normalized spacial score (nSPS) is 13.9. The summed E-state index contributed by atoms with van der Waals surface area (Å²) in [6.45, 7) is 6.66. The van der Waals surface area contributed by atoms with Gasteiger partial charge in [-0.15, -0.1) is 0 Å². The third kappa shape index (κ3) is 4.59. The van der Waals surface area contributed by atoms with E-state index < -0.39 is 10.0 Å². The van der Waals surface area contributed by atoms with E-state index in [1.807, 2.05) is 32.0 Å². The van der Waals surface area contributed by atoms with Crippen LogP contribution in [0.3, 0.4) is 0 Å². The fourth-order valence-electron chi connectivity index (χ4n) is 3.47. The summed E-state index contributed by atoms with van der Waals surface area (Å²) in [5.74, 6) is 0.698. The van der Waals surface area contributed by atoms with Gasteiger partial charge in [-0.3, -0.25) is 4.72 Å². The number of rotatable bonds is 8. The van der Waals surface area contributed by atoms with E-state index in [2.05, 4.69) is 9.62 Å². The number of ether oxygens (including phenoxy) is 2. The molecule has 0 unspecified atom stereocenters. The number of sulfonamides is 1. The fraction of sp³-hybridized carbons (Fsp3) is 0.429. The molecule has 1 aliphatic rings. The van der Waals surface area contributed by atoms with Crippen molar-refractivity contribution in [1.82, 2.24) is 0 Å². The van der Waals surface area contributed by atoms with Crippen LogP contribution in [0.5, 0.6) is 5.75 Å². The Balaban J connectivity index is 1.84. The number of anilines is 2. The predicted molar refractivity (Wildman–Crippen MR) is 112 cm³/mol. The van der Waals surface area contributed by atoms with Crippen molar-refractivity contribution in [3.8, 4) is 5.75 Å². The van der Waals surface area contributed by atoms with Crippen LogP contribution in [0, 0.1) is 6.92 Å². The van der Waals surface area contributed by atoms with Crippen molar-refractivity contribution in [2.24, 2.45) is 0 Å². The maximum atomic E-state index is 12.9. The Hall–Kier alpha value is -2.25. The first-order chi connectivity index (χ1) is 13.4. The van der Waals surface area contributed by atoms with E-state index in [4.69, 9.17) is 9.47 Å². The molecule has 1 heterocycles. The molecule has 28 heavy (non-hydrogen) atoms. The zero-order chi connectivity index (χ0) is 20.1. The van der Waals surface area contributed by atoms with E-state index in [9.17, 15) is 8.42 Å². The largest absolute Gasteiger partial charge is 0.494 e. The van der Waals surface area contributed by atoms with Gasteiger partial charge in [0.25, 0.3) is 10.0 Å². The molecule has 152 valence electrons. The molecule has 6 nitrogen and oxygen atoms in total. The van der Waals surface area contributed by atoms with Crippen LogP contribution in [0.1, 0.15) is 24.5 Å². The van der Waals surface area contributed by atoms with Crippen LogP contribution < -0.4 is 14.4 Å². The molecule has 2 aromatic rings. The first-order valence-electron chi connectivity index (χ1n) is 9.57. The first-order valence-corrected chi connectivity index (χ1v) is 11.1. The Bertz CT molecular complexity index is 928. The standard InChI is InChI=1S/C21H28N2O4S/c1-4-27-21-10-9-19(14-16(21)2)28(24,25)22-18-8-7-17-6-5-11-23(12-13-26-3)20(17)15-18/h7-10,14-15,22H,4-6,11-13H2,1-3H3. The topological polar surface area (TPSA) is 67.9 Å². The molecule has 0 spiro atoms. The summed E-state index contributed by atoms with van der Waals surface area (Å²) in [5.41, 5.74) is 3.67. The molecule has 1 aliphatic heterocycles. The molecule has 0 atom stereocenters. The molecular formula is C21H28N2O4S. The zero-order valence-corrected chi connectivity index (χ0v) is 17.5. The van der Waals surface area contributed by atoms with Gasteiger partial charge in [0, 0.05) is 25.9 Å². The van der Waals surface area contributed by atoms with E-state index in [0.717, 1.165) is 37.2 Å². The number of nitrogens with one attached hydrogen (secondary N) is 1. The van der Waals surface area contributed by atoms with Crippen molar-refractivity contribution in [2.45, 2.75) is 31.6 Å². The highest BCUT2D eigenvalue weighted by Crippen LogP contribution is 2.31. The Morgan fingerprint density at radius 3 is 2.71 bits per heavy atom. The highest BCUT2D eigenvalue weighted by molar-refractivity contribution is 7.92. The number of methoxy groups -OCH3 is 1. The van der Waals surface area contributed by atoms with Crippen LogP contribution in [-0.2, 0) is 21.2 Å². The van der Waals surface area contributed by atoms with E-state index in [1.165, 1.54) is 5.56 Å². The summed E-state index contributed by atoms with van der Waals surface area (Å²) < 4.78 is 39.1. The monoisotopic (exact) mass is 404 g/mol. The summed E-state index contributed by atoms with van der Waals surface area (Å²) in [6.07, 6.45) is 2.09. The van der Waals surface area contributed by atoms with Crippen LogP contribution in [0.25, 0.3) is 0 Å². The van der Waals surface area contributed by atoms with Crippen molar-refractivity contribution < 1.29 is 17.9 Å². The van der Waals surface area contributed by atoms with E-state index in [-0.39, 0.29) is 4.90 Å². The van der Waals surface area contributed by atoms with E-state index in [0.29, 0.717) is 24.7 Å². The second-order valence-electron chi connectivity index (χ2n) is 6.89. The lowest BCUT2D eigenvalue weighted by Gasteiger charge is -2.31. The second kappa shape index (κ2) is 8.84. The summed E-state index contributed by atoms with van der Waals surface area (Å²) in [4.78, 5) is 2.48. The molecule has 0 saturated carbocycles. The van der Waals surface area contributed by atoms with E-state index in [1.54, 1.807) is 25.3 Å². The molecule has 0 aromatic heterocycles. The number of aryl methyl sites for hydroxylation is 2. The average Bonchev–Trinajstić information content (AvgIpc) is 2.67. The van der Waals surface area contributed by atoms with Gasteiger partial charge in [-0.25, -0.2) is 8.42 Å². The van der Waals surface area contributed by atoms with Gasteiger partial charge < -0.3 is 14.4 Å². The van der Waals surface area contributed by atoms with Gasteiger partial charge in [0.1, 0.15) is 5.75 Å². The van der Waals surface area contributed by atoms with Gasteiger partial charge in [0.2, 0.25) is 0 Å². The van der Waals surface area contributed by atoms with Crippen molar-refractivity contribution in [2.75, 3.05) is 43.0 Å². The number of hydrogen-bond acceptors (Lipinski definition) is 5. The minimum absolute atomic E-state index is 0.224. The molecule has 0 radical (unpaired) electrons. The predicted octanol–water partition coefficient (Wildman–Crippen LogP) is 3.59. The number of benzene rings is 2. The highest BCUT2D eigenvalue weighted by atomic mass is 32.2. The smallest absolute Gasteiger partial charge is 0.261 e. The Kier molecular flexibility index (Phi) is 6.46. The van der Waals surface area contributed by atoms with E-state index >= 15 is 0 Å². The molecule has 3 rings (SSSR count). The van der Waals surface area contributed by atoms with Crippen LogP contribution in [0.15, 0.2) is 41.3 Å². The highest BCUT2D eigenvalue weighted by Gasteiger charge is 2.20. The SMILES string of the molecule is CCOc1ccc(S(=O)(=O)Nc2ccc3c(c2)N(CCOC)CCC3)cc1C. The number of hydrogen-bond donors (Lipinski definition) is 1. The zero-order valence-electron chi connectivity index (χ0n) is 16.7. The molecule has 0 fully saturated rings. The maximum Gasteiger partial charge on any atom is 0.261 e. The van der Waals surface area contributed by atoms with Crippen molar-refractivity contribution in [3.63, 3.8) is 0 Å². The lowest BCUT2D eigenvalue weighted by Crippen LogP contribution is -2.32.